The third kappa shape index (κ3) is 3.83. The molecule has 1 saturated carbocycles. The van der Waals surface area contributed by atoms with Crippen molar-refractivity contribution in [2.45, 2.75) is 37.0 Å². The summed E-state index contributed by atoms with van der Waals surface area (Å²) in [6.07, 6.45) is 2.98. The maximum absolute atomic E-state index is 12.3. The van der Waals surface area contributed by atoms with Crippen molar-refractivity contribution in [2.24, 2.45) is 0 Å². The van der Waals surface area contributed by atoms with E-state index in [-0.39, 0.29) is 11.3 Å². The molecule has 2 aromatic rings. The Morgan fingerprint density at radius 2 is 1.73 bits per heavy atom. The van der Waals surface area contributed by atoms with E-state index in [4.69, 9.17) is 27.7 Å². The minimum atomic E-state index is -3.10. The van der Waals surface area contributed by atoms with Crippen LogP contribution in [-0.2, 0) is 10.0 Å². The summed E-state index contributed by atoms with van der Waals surface area (Å²) >= 11 is 12.0. The second-order valence-corrected chi connectivity index (χ2v) is 9.73. The predicted molar refractivity (Wildman–Crippen MR) is 99.9 cm³/mol. The van der Waals surface area contributed by atoms with Gasteiger partial charge in [-0.3, -0.25) is 0 Å². The van der Waals surface area contributed by atoms with Crippen molar-refractivity contribution in [3.63, 3.8) is 0 Å². The number of hydrogen-bond donors (Lipinski definition) is 1. The zero-order valence-electron chi connectivity index (χ0n) is 13.9. The number of piperidine rings is 1. The Balaban J connectivity index is 1.38. The van der Waals surface area contributed by atoms with Gasteiger partial charge in [-0.2, -0.15) is 4.98 Å². The Morgan fingerprint density at radius 3 is 2.35 bits per heavy atom. The number of aromatic nitrogens is 2. The normalized spacial score (nSPS) is 19.6. The fraction of sp³-hybridized carbons (Fsp3) is 0.500. The summed E-state index contributed by atoms with van der Waals surface area (Å²) in [6, 6.07) is 5.46. The van der Waals surface area contributed by atoms with Crippen LogP contribution < -0.4 is 5.32 Å². The van der Waals surface area contributed by atoms with E-state index in [2.05, 4.69) is 15.5 Å². The number of rotatable bonds is 5. The first-order valence-electron chi connectivity index (χ1n) is 8.47. The molecule has 0 atom stereocenters. The Hall–Kier alpha value is -1.35. The highest BCUT2D eigenvalue weighted by molar-refractivity contribution is 7.90. The molecular weight excluding hydrogens is 399 g/mol. The molecule has 2 fully saturated rings. The van der Waals surface area contributed by atoms with Gasteiger partial charge in [0.05, 0.1) is 5.25 Å². The second-order valence-electron chi connectivity index (χ2n) is 6.64. The van der Waals surface area contributed by atoms with E-state index in [1.807, 2.05) is 0 Å². The van der Waals surface area contributed by atoms with Crippen LogP contribution in [0.15, 0.2) is 22.7 Å². The Kier molecular flexibility index (Phi) is 4.85. The van der Waals surface area contributed by atoms with E-state index < -0.39 is 10.0 Å². The lowest BCUT2D eigenvalue weighted by atomic mass is 10.1. The molecule has 10 heteroatoms. The van der Waals surface area contributed by atoms with Crippen molar-refractivity contribution in [3.8, 4) is 11.4 Å². The number of benzene rings is 1. The smallest absolute Gasteiger partial charge is 0.322 e. The number of nitrogens with one attached hydrogen (secondary N) is 1. The molecule has 0 bridgehead atoms. The summed E-state index contributed by atoms with van der Waals surface area (Å²) in [5.74, 6) is 0.394. The molecule has 0 spiro atoms. The molecule has 140 valence electrons. The molecule has 2 heterocycles. The third-order valence-electron chi connectivity index (χ3n) is 4.63. The molecular formula is C16H18Cl2N4O3S. The van der Waals surface area contributed by atoms with E-state index in [0.29, 0.717) is 53.4 Å². The van der Waals surface area contributed by atoms with Gasteiger partial charge >= 0.3 is 6.01 Å². The Bertz CT molecular complexity index is 886. The van der Waals surface area contributed by atoms with Gasteiger partial charge in [0, 0.05) is 34.7 Å². The summed E-state index contributed by atoms with van der Waals surface area (Å²) in [7, 11) is -3.10. The summed E-state index contributed by atoms with van der Waals surface area (Å²) < 4.78 is 31.4. The van der Waals surface area contributed by atoms with Gasteiger partial charge in [0.25, 0.3) is 0 Å². The molecule has 1 N–H and O–H groups in total. The number of sulfonamides is 1. The lowest BCUT2D eigenvalue weighted by Crippen LogP contribution is -2.43. The van der Waals surface area contributed by atoms with Crippen molar-refractivity contribution < 1.29 is 12.9 Å². The van der Waals surface area contributed by atoms with Crippen LogP contribution in [0.5, 0.6) is 0 Å². The second kappa shape index (κ2) is 6.99. The van der Waals surface area contributed by atoms with Gasteiger partial charge in [0.1, 0.15) is 0 Å². The molecule has 1 aromatic heterocycles. The fourth-order valence-corrected chi connectivity index (χ4v) is 5.49. The molecule has 26 heavy (non-hydrogen) atoms. The zero-order valence-corrected chi connectivity index (χ0v) is 16.2. The summed E-state index contributed by atoms with van der Waals surface area (Å²) in [4.78, 5) is 4.32. The Morgan fingerprint density at radius 1 is 1.08 bits per heavy atom. The topological polar surface area (TPSA) is 88.3 Å². The van der Waals surface area contributed by atoms with E-state index >= 15 is 0 Å². The maximum Gasteiger partial charge on any atom is 0.322 e. The van der Waals surface area contributed by atoms with Crippen molar-refractivity contribution in [1.82, 2.24) is 14.4 Å². The van der Waals surface area contributed by atoms with Gasteiger partial charge in [-0.15, -0.1) is 0 Å². The number of hydrogen-bond acceptors (Lipinski definition) is 6. The predicted octanol–water partition coefficient (Wildman–Crippen LogP) is 3.41. The van der Waals surface area contributed by atoms with Crippen LogP contribution in [0.25, 0.3) is 11.4 Å². The van der Waals surface area contributed by atoms with Gasteiger partial charge in [-0.05, 0) is 43.9 Å². The van der Waals surface area contributed by atoms with Crippen molar-refractivity contribution >= 4 is 39.2 Å². The standard InChI is InChI=1S/C16H18Cl2N4O3S/c17-11-7-10(8-12(18)9-11)15-20-16(25-21-15)19-13-3-5-22(6-4-13)26(23,24)14-1-2-14/h7-9,13-14H,1-6H2,(H,19,20,21). The van der Waals surface area contributed by atoms with Crippen molar-refractivity contribution in [2.75, 3.05) is 18.4 Å². The van der Waals surface area contributed by atoms with Gasteiger partial charge in [0.15, 0.2) is 0 Å². The zero-order chi connectivity index (χ0) is 18.3. The van der Waals surface area contributed by atoms with Crippen LogP contribution in [0, 0.1) is 0 Å². The molecule has 0 amide bonds. The minimum Gasteiger partial charge on any atom is -0.335 e. The molecule has 1 aromatic carbocycles. The van der Waals surface area contributed by atoms with E-state index in [0.717, 1.165) is 12.8 Å². The molecule has 2 aliphatic rings. The highest BCUT2D eigenvalue weighted by Crippen LogP contribution is 2.32. The first-order chi connectivity index (χ1) is 12.4. The molecule has 1 aliphatic carbocycles. The maximum atomic E-state index is 12.3. The van der Waals surface area contributed by atoms with Gasteiger partial charge < -0.3 is 9.84 Å². The average molecular weight is 417 g/mol. The third-order valence-corrected chi connectivity index (χ3v) is 7.47. The summed E-state index contributed by atoms with van der Waals surface area (Å²) in [5, 5.41) is 7.97. The first kappa shape index (κ1) is 18.0. The van der Waals surface area contributed by atoms with Crippen molar-refractivity contribution in [1.29, 1.82) is 0 Å². The molecule has 7 nitrogen and oxygen atoms in total. The van der Waals surface area contributed by atoms with E-state index in [9.17, 15) is 8.42 Å². The highest BCUT2D eigenvalue weighted by atomic mass is 35.5. The van der Waals surface area contributed by atoms with Crippen LogP contribution >= 0.6 is 23.2 Å². The summed E-state index contributed by atoms with van der Waals surface area (Å²) in [6.45, 7) is 1.03. The average Bonchev–Trinajstić information content (AvgIpc) is 3.36. The van der Waals surface area contributed by atoms with E-state index in [1.54, 1.807) is 22.5 Å². The van der Waals surface area contributed by atoms with Gasteiger partial charge in [-0.25, -0.2) is 12.7 Å². The largest absolute Gasteiger partial charge is 0.335 e. The van der Waals surface area contributed by atoms with Crippen LogP contribution in [-0.4, -0.2) is 47.2 Å². The van der Waals surface area contributed by atoms with Crippen LogP contribution in [0.4, 0.5) is 6.01 Å². The van der Waals surface area contributed by atoms with Gasteiger partial charge in [0.2, 0.25) is 15.8 Å². The van der Waals surface area contributed by atoms with Crippen LogP contribution in [0.2, 0.25) is 10.0 Å². The molecule has 0 radical (unpaired) electrons. The molecule has 1 aliphatic heterocycles. The van der Waals surface area contributed by atoms with Crippen LogP contribution in [0.1, 0.15) is 25.7 Å². The number of halogens is 2. The number of nitrogens with zero attached hydrogens (tertiary/aromatic N) is 3. The SMILES string of the molecule is O=S(=O)(C1CC1)N1CCC(Nc2nc(-c3cc(Cl)cc(Cl)c3)no2)CC1. The minimum absolute atomic E-state index is 0.0944. The van der Waals surface area contributed by atoms with E-state index in [1.165, 1.54) is 0 Å². The lowest BCUT2D eigenvalue weighted by Gasteiger charge is -2.31. The van der Waals surface area contributed by atoms with Crippen LogP contribution in [0.3, 0.4) is 0 Å². The lowest BCUT2D eigenvalue weighted by molar-refractivity contribution is 0.323. The molecule has 4 rings (SSSR count). The quantitative estimate of drug-likeness (QED) is 0.802. The van der Waals surface area contributed by atoms with Crippen molar-refractivity contribution in [3.05, 3.63) is 28.2 Å². The Labute approximate surface area is 161 Å². The number of anilines is 1. The molecule has 0 unspecified atom stereocenters. The molecule has 1 saturated heterocycles. The summed E-state index contributed by atoms with van der Waals surface area (Å²) in [5.41, 5.74) is 0.671. The highest BCUT2D eigenvalue weighted by Gasteiger charge is 2.41. The fourth-order valence-electron chi connectivity index (χ4n) is 3.09. The monoisotopic (exact) mass is 416 g/mol. The first-order valence-corrected chi connectivity index (χ1v) is 10.7. The van der Waals surface area contributed by atoms with Gasteiger partial charge in [-0.1, -0.05) is 28.4 Å².